The molecule has 1 aromatic rings. The topological polar surface area (TPSA) is 18.5 Å². The van der Waals surface area contributed by atoms with Crippen molar-refractivity contribution < 1.29 is 31.4 Å². The van der Waals surface area contributed by atoms with E-state index in [1.165, 1.54) is 0 Å². The second kappa shape index (κ2) is 5.00. The van der Waals surface area contributed by atoms with Gasteiger partial charge < -0.3 is 9.47 Å². The van der Waals surface area contributed by atoms with Crippen LogP contribution in [-0.2, 0) is 0 Å². The third kappa shape index (κ3) is 4.81. The standard InChI is InChI=1S/C9H7F5O2/c10-8(11)16-7-3-1-6(2-4-7)15-5-9(12,13)14/h1-4,8H,5H2. The van der Waals surface area contributed by atoms with Crippen LogP contribution >= 0.6 is 0 Å². The number of halogens is 5. The number of benzene rings is 1. The summed E-state index contributed by atoms with van der Waals surface area (Å²) in [5.74, 6) is -0.215. The molecule has 2 nitrogen and oxygen atoms in total. The van der Waals surface area contributed by atoms with Gasteiger partial charge in [-0.05, 0) is 24.3 Å². The lowest BCUT2D eigenvalue weighted by atomic mass is 10.3. The van der Waals surface area contributed by atoms with E-state index >= 15 is 0 Å². The molecule has 16 heavy (non-hydrogen) atoms. The van der Waals surface area contributed by atoms with Crippen molar-refractivity contribution in [2.45, 2.75) is 12.8 Å². The molecule has 0 aliphatic heterocycles. The van der Waals surface area contributed by atoms with Crippen LogP contribution in [0.2, 0.25) is 0 Å². The van der Waals surface area contributed by atoms with Crippen LogP contribution in [-0.4, -0.2) is 19.4 Å². The Balaban J connectivity index is 2.51. The summed E-state index contributed by atoms with van der Waals surface area (Å²) in [5, 5.41) is 0. The van der Waals surface area contributed by atoms with Gasteiger partial charge in [-0.2, -0.15) is 22.0 Å². The molecule has 0 aliphatic carbocycles. The van der Waals surface area contributed by atoms with Crippen molar-refractivity contribution in [3.63, 3.8) is 0 Å². The number of hydrogen-bond acceptors (Lipinski definition) is 2. The molecule has 1 rings (SSSR count). The molecule has 1 aromatic carbocycles. The maximum atomic E-state index is 11.7. The lowest BCUT2D eigenvalue weighted by Crippen LogP contribution is -2.19. The van der Waals surface area contributed by atoms with Crippen molar-refractivity contribution in [3.8, 4) is 11.5 Å². The average molecular weight is 242 g/mol. The lowest BCUT2D eigenvalue weighted by Gasteiger charge is -2.09. The first-order valence-electron chi connectivity index (χ1n) is 4.11. The van der Waals surface area contributed by atoms with E-state index in [0.29, 0.717) is 0 Å². The van der Waals surface area contributed by atoms with Crippen molar-refractivity contribution in [3.05, 3.63) is 24.3 Å². The minimum absolute atomic E-state index is 0.0704. The number of rotatable bonds is 4. The maximum Gasteiger partial charge on any atom is 0.422 e. The fourth-order valence-electron chi connectivity index (χ4n) is 0.882. The van der Waals surface area contributed by atoms with E-state index in [1.807, 2.05) is 0 Å². The highest BCUT2D eigenvalue weighted by Gasteiger charge is 2.28. The number of ether oxygens (including phenoxy) is 2. The Kier molecular flexibility index (Phi) is 3.92. The molecule has 0 radical (unpaired) electrons. The minimum Gasteiger partial charge on any atom is -0.484 e. The summed E-state index contributed by atoms with van der Waals surface area (Å²) >= 11 is 0. The first-order valence-corrected chi connectivity index (χ1v) is 4.11. The zero-order valence-corrected chi connectivity index (χ0v) is 7.80. The van der Waals surface area contributed by atoms with Crippen LogP contribution in [0.25, 0.3) is 0 Å². The third-order valence-corrected chi connectivity index (χ3v) is 1.45. The molecule has 0 aromatic heterocycles. The summed E-state index contributed by atoms with van der Waals surface area (Å²) < 4.78 is 67.0. The van der Waals surface area contributed by atoms with Crippen LogP contribution in [0.5, 0.6) is 11.5 Å². The molecule has 0 bridgehead atoms. The van der Waals surface area contributed by atoms with E-state index in [4.69, 9.17) is 0 Å². The number of hydrogen-bond donors (Lipinski definition) is 0. The van der Waals surface area contributed by atoms with Crippen LogP contribution in [0.3, 0.4) is 0 Å². The Morgan fingerprint density at radius 3 is 1.94 bits per heavy atom. The van der Waals surface area contributed by atoms with Gasteiger partial charge in [0.1, 0.15) is 11.5 Å². The second-order valence-corrected chi connectivity index (χ2v) is 2.75. The van der Waals surface area contributed by atoms with E-state index in [0.717, 1.165) is 24.3 Å². The largest absolute Gasteiger partial charge is 0.484 e. The molecule has 7 heteroatoms. The first-order chi connectivity index (χ1) is 7.37. The summed E-state index contributed by atoms with van der Waals surface area (Å²) in [4.78, 5) is 0. The Morgan fingerprint density at radius 1 is 1.00 bits per heavy atom. The summed E-state index contributed by atoms with van der Waals surface area (Å²) in [7, 11) is 0. The van der Waals surface area contributed by atoms with Crippen molar-refractivity contribution in [2.24, 2.45) is 0 Å². The molecule has 0 saturated carbocycles. The predicted octanol–water partition coefficient (Wildman–Crippen LogP) is 3.23. The van der Waals surface area contributed by atoms with Crippen molar-refractivity contribution in [2.75, 3.05) is 6.61 Å². The zero-order valence-electron chi connectivity index (χ0n) is 7.80. The molecule has 90 valence electrons. The minimum atomic E-state index is -4.43. The second-order valence-electron chi connectivity index (χ2n) is 2.75. The monoisotopic (exact) mass is 242 g/mol. The van der Waals surface area contributed by atoms with Gasteiger partial charge in [-0.1, -0.05) is 0 Å². The van der Waals surface area contributed by atoms with Gasteiger partial charge in [0.2, 0.25) is 0 Å². The highest BCUT2D eigenvalue weighted by atomic mass is 19.4. The molecular weight excluding hydrogens is 235 g/mol. The third-order valence-electron chi connectivity index (χ3n) is 1.45. The normalized spacial score (nSPS) is 11.6. The van der Waals surface area contributed by atoms with Crippen molar-refractivity contribution >= 4 is 0 Å². The van der Waals surface area contributed by atoms with E-state index in [-0.39, 0.29) is 11.5 Å². The Bertz CT molecular complexity index is 320. The van der Waals surface area contributed by atoms with E-state index in [1.54, 1.807) is 0 Å². The molecule has 0 atom stereocenters. The highest BCUT2D eigenvalue weighted by molar-refractivity contribution is 5.31. The molecule has 0 fully saturated rings. The maximum absolute atomic E-state index is 11.7. The summed E-state index contributed by atoms with van der Waals surface area (Å²) in [6.07, 6.45) is -4.43. The van der Waals surface area contributed by atoms with Crippen LogP contribution < -0.4 is 9.47 Å². The van der Waals surface area contributed by atoms with Gasteiger partial charge in [-0.25, -0.2) is 0 Å². The summed E-state index contributed by atoms with van der Waals surface area (Å²) in [6, 6.07) is 4.42. The number of alkyl halides is 5. The Hall–Kier alpha value is -1.53. The molecule has 0 spiro atoms. The molecule has 0 N–H and O–H groups in total. The molecular formula is C9H7F5O2. The van der Waals surface area contributed by atoms with Gasteiger partial charge >= 0.3 is 12.8 Å². The molecule has 0 heterocycles. The smallest absolute Gasteiger partial charge is 0.422 e. The van der Waals surface area contributed by atoms with Crippen LogP contribution in [0.15, 0.2) is 24.3 Å². The summed E-state index contributed by atoms with van der Waals surface area (Å²) in [5.41, 5.74) is 0. The first kappa shape index (κ1) is 12.5. The zero-order chi connectivity index (χ0) is 12.2. The van der Waals surface area contributed by atoms with Gasteiger partial charge in [-0.15, -0.1) is 0 Å². The van der Waals surface area contributed by atoms with Gasteiger partial charge in [-0.3, -0.25) is 0 Å². The Morgan fingerprint density at radius 2 is 1.50 bits per heavy atom. The van der Waals surface area contributed by atoms with Crippen LogP contribution in [0.4, 0.5) is 22.0 Å². The SMILES string of the molecule is FC(F)Oc1ccc(OCC(F)(F)F)cc1. The molecule has 0 aliphatic rings. The van der Waals surface area contributed by atoms with Gasteiger partial charge in [0, 0.05) is 0 Å². The molecule has 0 amide bonds. The van der Waals surface area contributed by atoms with Crippen LogP contribution in [0.1, 0.15) is 0 Å². The van der Waals surface area contributed by atoms with E-state index < -0.39 is 19.4 Å². The fourth-order valence-corrected chi connectivity index (χ4v) is 0.882. The quantitative estimate of drug-likeness (QED) is 0.754. The highest BCUT2D eigenvalue weighted by Crippen LogP contribution is 2.21. The Labute approximate surface area is 87.6 Å². The molecule has 0 unspecified atom stereocenters. The van der Waals surface area contributed by atoms with Gasteiger partial charge in [0.05, 0.1) is 0 Å². The van der Waals surface area contributed by atoms with Gasteiger partial charge in [0.15, 0.2) is 6.61 Å². The van der Waals surface area contributed by atoms with Crippen molar-refractivity contribution in [1.29, 1.82) is 0 Å². The molecule has 0 saturated heterocycles. The predicted molar refractivity (Wildman–Crippen MR) is 44.6 cm³/mol. The lowest BCUT2D eigenvalue weighted by molar-refractivity contribution is -0.153. The van der Waals surface area contributed by atoms with E-state index in [2.05, 4.69) is 9.47 Å². The van der Waals surface area contributed by atoms with Gasteiger partial charge in [0.25, 0.3) is 0 Å². The van der Waals surface area contributed by atoms with Crippen molar-refractivity contribution in [1.82, 2.24) is 0 Å². The van der Waals surface area contributed by atoms with E-state index in [9.17, 15) is 22.0 Å². The summed E-state index contributed by atoms with van der Waals surface area (Å²) in [6.45, 7) is -4.40. The fraction of sp³-hybridized carbons (Fsp3) is 0.333. The average Bonchev–Trinajstić information content (AvgIpc) is 2.14. The van der Waals surface area contributed by atoms with Crippen LogP contribution in [0, 0.1) is 0 Å².